The molecule has 18 heavy (non-hydrogen) atoms. The number of nitrogens with zero attached hydrogens (tertiary/aromatic N) is 1. The quantitative estimate of drug-likeness (QED) is 0.644. The van der Waals surface area contributed by atoms with Gasteiger partial charge in [0.05, 0.1) is 18.9 Å². The van der Waals surface area contributed by atoms with Crippen molar-refractivity contribution < 1.29 is 14.3 Å². The maximum atomic E-state index is 11.5. The summed E-state index contributed by atoms with van der Waals surface area (Å²) < 4.78 is 5.77. The van der Waals surface area contributed by atoms with Crippen LogP contribution in [0.2, 0.25) is 0 Å². The van der Waals surface area contributed by atoms with Gasteiger partial charge in [-0.25, -0.2) is 0 Å². The van der Waals surface area contributed by atoms with Crippen molar-refractivity contribution in [1.29, 1.82) is 5.26 Å². The van der Waals surface area contributed by atoms with Crippen molar-refractivity contribution in [3.8, 4) is 11.8 Å². The summed E-state index contributed by atoms with van der Waals surface area (Å²) in [6.07, 6.45) is 0. The van der Waals surface area contributed by atoms with E-state index in [0.29, 0.717) is 11.4 Å². The zero-order valence-corrected chi connectivity index (χ0v) is 11.1. The third-order valence-corrected chi connectivity index (χ3v) is 2.44. The Morgan fingerprint density at radius 3 is 2.78 bits per heavy atom. The number of methoxy groups -OCH3 is 1. The highest BCUT2D eigenvalue weighted by molar-refractivity contribution is 9.10. The summed E-state index contributed by atoms with van der Waals surface area (Å²) in [5, 5.41) is 12.8. The second-order valence-corrected chi connectivity index (χ2v) is 4.06. The van der Waals surface area contributed by atoms with E-state index >= 15 is 0 Å². The lowest BCUT2D eigenvalue weighted by atomic mass is 10.3. The average molecular weight is 312 g/mol. The molecule has 0 bridgehead atoms. The Balaban J connectivity index is 2.78. The van der Waals surface area contributed by atoms with Crippen LogP contribution in [0.5, 0.6) is 5.75 Å². The first-order valence-corrected chi connectivity index (χ1v) is 5.67. The molecule has 2 amide bonds. The Hall–Kier alpha value is -2.07. The van der Waals surface area contributed by atoms with Crippen molar-refractivity contribution in [2.75, 3.05) is 19.0 Å². The molecule has 0 unspecified atom stereocenters. The highest BCUT2D eigenvalue weighted by atomic mass is 79.9. The number of halogens is 1. The van der Waals surface area contributed by atoms with E-state index in [1.54, 1.807) is 24.3 Å². The third kappa shape index (κ3) is 3.75. The molecule has 0 radical (unpaired) electrons. The van der Waals surface area contributed by atoms with E-state index in [1.807, 2.05) is 0 Å². The molecule has 0 aliphatic rings. The van der Waals surface area contributed by atoms with Crippen LogP contribution in [0.1, 0.15) is 0 Å². The summed E-state index contributed by atoms with van der Waals surface area (Å²) in [7, 11) is 1.45. The van der Waals surface area contributed by atoms with E-state index in [0.717, 1.165) is 4.47 Å². The van der Waals surface area contributed by atoms with Crippen LogP contribution in [-0.4, -0.2) is 25.5 Å². The van der Waals surface area contributed by atoms with E-state index in [4.69, 9.17) is 10.00 Å². The monoisotopic (exact) mass is 311 g/mol. The molecule has 1 rings (SSSR count). The van der Waals surface area contributed by atoms with Gasteiger partial charge in [0.1, 0.15) is 12.3 Å². The van der Waals surface area contributed by atoms with Gasteiger partial charge in [-0.3, -0.25) is 9.59 Å². The Labute approximate surface area is 112 Å². The number of benzene rings is 1. The summed E-state index contributed by atoms with van der Waals surface area (Å²) in [4.78, 5) is 22.8. The summed E-state index contributed by atoms with van der Waals surface area (Å²) in [6, 6.07) is 6.70. The number of hydrogen-bond donors (Lipinski definition) is 2. The van der Waals surface area contributed by atoms with E-state index < -0.39 is 11.8 Å². The fourth-order valence-electron chi connectivity index (χ4n) is 1.16. The molecule has 0 heterocycles. The minimum absolute atomic E-state index is 0.220. The molecule has 0 fully saturated rings. The van der Waals surface area contributed by atoms with E-state index in [2.05, 4.69) is 26.6 Å². The first-order chi connectivity index (χ1) is 8.58. The number of ether oxygens (including phenoxy) is 1. The third-order valence-electron chi connectivity index (χ3n) is 1.94. The van der Waals surface area contributed by atoms with Gasteiger partial charge < -0.3 is 15.4 Å². The minimum atomic E-state index is -0.876. The second kappa shape index (κ2) is 6.61. The van der Waals surface area contributed by atoms with Crippen molar-refractivity contribution >= 4 is 33.4 Å². The molecule has 6 nitrogen and oxygen atoms in total. The van der Waals surface area contributed by atoms with Crippen LogP contribution in [0.15, 0.2) is 22.7 Å². The topological polar surface area (TPSA) is 91.2 Å². The lowest BCUT2D eigenvalue weighted by molar-refractivity contribution is -0.136. The summed E-state index contributed by atoms with van der Waals surface area (Å²) in [5.74, 6) is -1.31. The number of nitriles is 1. The van der Waals surface area contributed by atoms with Gasteiger partial charge in [0.2, 0.25) is 0 Å². The fourth-order valence-corrected chi connectivity index (χ4v) is 1.52. The molecule has 94 valence electrons. The number of carbonyl (C=O) groups excluding carboxylic acids is 2. The second-order valence-electron chi connectivity index (χ2n) is 3.14. The standard InChI is InChI=1S/C11H10BrN3O3/c1-18-9-3-2-7(12)6-8(9)15-11(17)10(16)14-5-4-13/h2-3,6H,5H2,1H3,(H,14,16)(H,15,17). The highest BCUT2D eigenvalue weighted by Gasteiger charge is 2.15. The smallest absolute Gasteiger partial charge is 0.313 e. The van der Waals surface area contributed by atoms with Crippen LogP contribution in [-0.2, 0) is 9.59 Å². The Morgan fingerprint density at radius 1 is 1.44 bits per heavy atom. The van der Waals surface area contributed by atoms with Crippen LogP contribution < -0.4 is 15.4 Å². The van der Waals surface area contributed by atoms with Gasteiger partial charge in [-0.05, 0) is 18.2 Å². The molecular weight excluding hydrogens is 302 g/mol. The molecule has 1 aromatic carbocycles. The first kappa shape index (κ1) is 14.0. The number of rotatable bonds is 3. The van der Waals surface area contributed by atoms with E-state index in [1.165, 1.54) is 7.11 Å². The number of hydrogen-bond acceptors (Lipinski definition) is 4. The van der Waals surface area contributed by atoms with Crippen LogP contribution in [0, 0.1) is 11.3 Å². The highest BCUT2D eigenvalue weighted by Crippen LogP contribution is 2.27. The molecule has 0 saturated heterocycles. The predicted octanol–water partition coefficient (Wildman–Crippen LogP) is 1.04. The molecule has 0 spiro atoms. The van der Waals surface area contributed by atoms with Crippen LogP contribution in [0.3, 0.4) is 0 Å². The number of anilines is 1. The normalized spacial score (nSPS) is 9.17. The minimum Gasteiger partial charge on any atom is -0.495 e. The molecule has 0 atom stereocenters. The molecule has 0 saturated carbocycles. The average Bonchev–Trinajstić information content (AvgIpc) is 2.36. The summed E-state index contributed by atoms with van der Waals surface area (Å²) in [6.45, 7) is -0.220. The zero-order chi connectivity index (χ0) is 13.5. The SMILES string of the molecule is COc1ccc(Br)cc1NC(=O)C(=O)NCC#N. The van der Waals surface area contributed by atoms with Crippen molar-refractivity contribution in [2.24, 2.45) is 0 Å². The lowest BCUT2D eigenvalue weighted by Gasteiger charge is -2.09. The van der Waals surface area contributed by atoms with Crippen LogP contribution >= 0.6 is 15.9 Å². The van der Waals surface area contributed by atoms with Crippen molar-refractivity contribution in [1.82, 2.24) is 5.32 Å². The molecule has 0 aromatic heterocycles. The predicted molar refractivity (Wildman–Crippen MR) is 67.9 cm³/mol. The van der Waals surface area contributed by atoms with Crippen molar-refractivity contribution in [2.45, 2.75) is 0 Å². The summed E-state index contributed by atoms with van der Waals surface area (Å²) >= 11 is 3.24. The largest absolute Gasteiger partial charge is 0.495 e. The van der Waals surface area contributed by atoms with Gasteiger partial charge >= 0.3 is 11.8 Å². The number of carbonyl (C=O) groups is 2. The van der Waals surface area contributed by atoms with Crippen LogP contribution in [0.25, 0.3) is 0 Å². The van der Waals surface area contributed by atoms with Crippen LogP contribution in [0.4, 0.5) is 5.69 Å². The summed E-state index contributed by atoms with van der Waals surface area (Å²) in [5.41, 5.74) is 0.365. The van der Waals surface area contributed by atoms with Gasteiger partial charge in [0.15, 0.2) is 0 Å². The Kier molecular flexibility index (Phi) is 5.14. The molecule has 0 aliphatic carbocycles. The zero-order valence-electron chi connectivity index (χ0n) is 9.49. The fraction of sp³-hybridized carbons (Fsp3) is 0.182. The van der Waals surface area contributed by atoms with E-state index in [-0.39, 0.29) is 6.54 Å². The van der Waals surface area contributed by atoms with Gasteiger partial charge in [-0.15, -0.1) is 0 Å². The maximum absolute atomic E-state index is 11.5. The number of amides is 2. The molecular formula is C11H10BrN3O3. The van der Waals surface area contributed by atoms with E-state index in [9.17, 15) is 9.59 Å². The van der Waals surface area contributed by atoms with Gasteiger partial charge in [0, 0.05) is 4.47 Å². The van der Waals surface area contributed by atoms with Crippen molar-refractivity contribution in [3.63, 3.8) is 0 Å². The maximum Gasteiger partial charge on any atom is 0.313 e. The number of nitrogens with one attached hydrogen (secondary N) is 2. The molecule has 0 aliphatic heterocycles. The Morgan fingerprint density at radius 2 is 2.17 bits per heavy atom. The Bertz CT molecular complexity index is 511. The van der Waals surface area contributed by atoms with Gasteiger partial charge in [-0.1, -0.05) is 15.9 Å². The van der Waals surface area contributed by atoms with Gasteiger partial charge in [0.25, 0.3) is 0 Å². The molecule has 2 N–H and O–H groups in total. The lowest BCUT2D eigenvalue weighted by Crippen LogP contribution is -2.35. The molecule has 1 aromatic rings. The van der Waals surface area contributed by atoms with Crippen molar-refractivity contribution in [3.05, 3.63) is 22.7 Å². The molecule has 7 heteroatoms. The first-order valence-electron chi connectivity index (χ1n) is 4.88. The van der Waals surface area contributed by atoms with Gasteiger partial charge in [-0.2, -0.15) is 5.26 Å².